The standard InChI is InChI=1S/C13H13N3O3S2/c1-3-20-13-16-15-12(21-13)14-11(18)9-6-4-5-7-10(9)19-8(2)17/h4-7H,3H2,1-2H3,(H,14,15,18). The first-order valence-corrected chi connectivity index (χ1v) is 7.95. The zero-order valence-electron chi connectivity index (χ0n) is 11.5. The number of ether oxygens (including phenoxy) is 1. The summed E-state index contributed by atoms with van der Waals surface area (Å²) in [4.78, 5) is 23.3. The van der Waals surface area contributed by atoms with Crippen molar-refractivity contribution < 1.29 is 14.3 Å². The zero-order valence-corrected chi connectivity index (χ0v) is 13.1. The van der Waals surface area contributed by atoms with Crippen LogP contribution in [0.4, 0.5) is 5.13 Å². The fraction of sp³-hybridized carbons (Fsp3) is 0.231. The minimum absolute atomic E-state index is 0.218. The van der Waals surface area contributed by atoms with Crippen molar-refractivity contribution in [3.05, 3.63) is 29.8 Å². The van der Waals surface area contributed by atoms with Crippen molar-refractivity contribution >= 4 is 40.1 Å². The lowest BCUT2D eigenvalue weighted by molar-refractivity contribution is -0.131. The van der Waals surface area contributed by atoms with Crippen molar-refractivity contribution in [2.75, 3.05) is 11.1 Å². The second-order valence-corrected chi connectivity index (χ2v) is 6.34. The minimum Gasteiger partial charge on any atom is -0.426 e. The minimum atomic E-state index is -0.479. The van der Waals surface area contributed by atoms with Crippen molar-refractivity contribution in [2.45, 2.75) is 18.2 Å². The largest absolute Gasteiger partial charge is 0.426 e. The first kappa shape index (κ1) is 15.5. The normalized spacial score (nSPS) is 10.2. The highest BCUT2D eigenvalue weighted by Crippen LogP contribution is 2.26. The molecule has 0 bridgehead atoms. The second kappa shape index (κ2) is 7.19. The van der Waals surface area contributed by atoms with E-state index in [-0.39, 0.29) is 11.3 Å². The fourth-order valence-corrected chi connectivity index (χ4v) is 3.15. The third-order valence-electron chi connectivity index (χ3n) is 2.28. The number of benzene rings is 1. The first-order valence-electron chi connectivity index (χ1n) is 6.15. The zero-order chi connectivity index (χ0) is 15.2. The third kappa shape index (κ3) is 4.27. The molecule has 1 aromatic heterocycles. The molecule has 21 heavy (non-hydrogen) atoms. The summed E-state index contributed by atoms with van der Waals surface area (Å²) in [5, 5.41) is 10.9. The lowest BCUT2D eigenvalue weighted by atomic mass is 10.2. The van der Waals surface area contributed by atoms with Crippen LogP contribution in [0.15, 0.2) is 28.6 Å². The number of para-hydroxylation sites is 1. The van der Waals surface area contributed by atoms with E-state index in [1.807, 2.05) is 6.92 Å². The Labute approximate surface area is 129 Å². The Morgan fingerprint density at radius 2 is 2.10 bits per heavy atom. The van der Waals surface area contributed by atoms with Gasteiger partial charge >= 0.3 is 5.97 Å². The Kier molecular flexibility index (Phi) is 5.29. The number of esters is 1. The van der Waals surface area contributed by atoms with E-state index in [9.17, 15) is 9.59 Å². The fourth-order valence-electron chi connectivity index (χ4n) is 1.50. The molecule has 0 fully saturated rings. The molecule has 1 aromatic carbocycles. The molecule has 0 saturated heterocycles. The van der Waals surface area contributed by atoms with E-state index in [0.717, 1.165) is 10.1 Å². The quantitative estimate of drug-likeness (QED) is 0.394. The van der Waals surface area contributed by atoms with Crippen molar-refractivity contribution in [3.8, 4) is 5.75 Å². The molecule has 1 amide bonds. The van der Waals surface area contributed by atoms with Crippen LogP contribution in [0.5, 0.6) is 5.75 Å². The lowest BCUT2D eigenvalue weighted by Gasteiger charge is -2.07. The van der Waals surface area contributed by atoms with E-state index in [4.69, 9.17) is 4.74 Å². The van der Waals surface area contributed by atoms with Gasteiger partial charge in [0.25, 0.3) is 5.91 Å². The number of nitrogens with one attached hydrogen (secondary N) is 1. The summed E-state index contributed by atoms with van der Waals surface area (Å²) in [5.41, 5.74) is 0.271. The van der Waals surface area contributed by atoms with Crippen molar-refractivity contribution in [1.29, 1.82) is 0 Å². The summed E-state index contributed by atoms with van der Waals surface area (Å²) >= 11 is 2.86. The van der Waals surface area contributed by atoms with Gasteiger partial charge in [-0.25, -0.2) is 0 Å². The molecule has 0 aliphatic carbocycles. The highest BCUT2D eigenvalue weighted by molar-refractivity contribution is 8.01. The Hall–Kier alpha value is -1.93. The molecule has 6 nitrogen and oxygen atoms in total. The predicted molar refractivity (Wildman–Crippen MR) is 82.0 cm³/mol. The summed E-state index contributed by atoms with van der Waals surface area (Å²) in [6.45, 7) is 3.30. The van der Waals surface area contributed by atoms with Crippen LogP contribution in [-0.2, 0) is 4.79 Å². The van der Waals surface area contributed by atoms with Gasteiger partial charge in [0.05, 0.1) is 5.56 Å². The molecular formula is C13H13N3O3S2. The molecule has 2 rings (SSSR count). The summed E-state index contributed by atoms with van der Waals surface area (Å²) in [7, 11) is 0. The molecule has 0 unspecified atom stereocenters. The smallest absolute Gasteiger partial charge is 0.308 e. The number of amides is 1. The molecule has 8 heteroatoms. The number of aromatic nitrogens is 2. The second-order valence-electron chi connectivity index (χ2n) is 3.85. The maximum Gasteiger partial charge on any atom is 0.308 e. The van der Waals surface area contributed by atoms with Gasteiger partial charge in [-0.05, 0) is 17.9 Å². The molecular weight excluding hydrogens is 310 g/mol. The number of hydrogen-bond donors (Lipinski definition) is 1. The van der Waals surface area contributed by atoms with Gasteiger partial charge in [0.2, 0.25) is 5.13 Å². The number of carbonyl (C=O) groups excluding carboxylic acids is 2. The summed E-state index contributed by atoms with van der Waals surface area (Å²) in [6, 6.07) is 6.53. The summed E-state index contributed by atoms with van der Waals surface area (Å²) in [5.74, 6) is 0.233. The van der Waals surface area contributed by atoms with E-state index in [2.05, 4.69) is 15.5 Å². The maximum absolute atomic E-state index is 12.2. The van der Waals surface area contributed by atoms with Crippen LogP contribution in [0, 0.1) is 0 Å². The number of rotatable bonds is 5. The van der Waals surface area contributed by atoms with Crippen LogP contribution in [0.3, 0.4) is 0 Å². The molecule has 0 radical (unpaired) electrons. The van der Waals surface area contributed by atoms with Crippen molar-refractivity contribution in [3.63, 3.8) is 0 Å². The average molecular weight is 323 g/mol. The molecule has 0 saturated carbocycles. The highest BCUT2D eigenvalue weighted by Gasteiger charge is 2.15. The van der Waals surface area contributed by atoms with Crippen molar-refractivity contribution in [1.82, 2.24) is 10.2 Å². The number of hydrogen-bond acceptors (Lipinski definition) is 7. The van der Waals surface area contributed by atoms with Crippen molar-refractivity contribution in [2.24, 2.45) is 0 Å². The molecule has 110 valence electrons. The number of carbonyl (C=O) groups is 2. The van der Waals surface area contributed by atoms with Crippen LogP contribution in [0.1, 0.15) is 24.2 Å². The van der Waals surface area contributed by atoms with E-state index in [1.165, 1.54) is 18.3 Å². The summed E-state index contributed by atoms with van der Waals surface area (Å²) < 4.78 is 5.80. The molecule has 0 aliphatic heterocycles. The molecule has 0 spiro atoms. The average Bonchev–Trinajstić information content (AvgIpc) is 2.86. The lowest BCUT2D eigenvalue weighted by Crippen LogP contribution is -2.14. The Balaban J connectivity index is 2.14. The van der Waals surface area contributed by atoms with E-state index < -0.39 is 11.9 Å². The van der Waals surface area contributed by atoms with Gasteiger partial charge in [0, 0.05) is 6.92 Å². The Morgan fingerprint density at radius 3 is 2.81 bits per heavy atom. The van der Waals surface area contributed by atoms with E-state index >= 15 is 0 Å². The topological polar surface area (TPSA) is 81.2 Å². The van der Waals surface area contributed by atoms with Gasteiger partial charge in [-0.15, -0.1) is 10.2 Å². The Bertz CT molecular complexity index is 658. The monoisotopic (exact) mass is 323 g/mol. The highest BCUT2D eigenvalue weighted by atomic mass is 32.2. The van der Waals surface area contributed by atoms with E-state index in [1.54, 1.807) is 36.0 Å². The molecule has 1 heterocycles. The van der Waals surface area contributed by atoms with Crippen LogP contribution in [0.2, 0.25) is 0 Å². The van der Waals surface area contributed by atoms with Crippen LogP contribution >= 0.6 is 23.1 Å². The molecule has 2 aromatic rings. The van der Waals surface area contributed by atoms with Gasteiger partial charge in [0.1, 0.15) is 5.75 Å². The molecule has 1 N–H and O–H groups in total. The number of anilines is 1. The molecule has 0 aliphatic rings. The summed E-state index contributed by atoms with van der Waals surface area (Å²) in [6.07, 6.45) is 0. The third-order valence-corrected chi connectivity index (χ3v) is 4.13. The van der Waals surface area contributed by atoms with Gasteiger partial charge in [-0.2, -0.15) is 0 Å². The predicted octanol–water partition coefficient (Wildman–Crippen LogP) is 2.83. The molecule has 0 atom stereocenters. The number of nitrogens with zero attached hydrogens (tertiary/aromatic N) is 2. The Morgan fingerprint density at radius 1 is 1.33 bits per heavy atom. The van der Waals surface area contributed by atoms with Crippen LogP contribution in [-0.4, -0.2) is 27.8 Å². The first-order chi connectivity index (χ1) is 10.1. The van der Waals surface area contributed by atoms with Gasteiger partial charge in [-0.3, -0.25) is 14.9 Å². The van der Waals surface area contributed by atoms with Gasteiger partial charge in [0.15, 0.2) is 4.34 Å². The number of thioether (sulfide) groups is 1. The van der Waals surface area contributed by atoms with Gasteiger partial charge < -0.3 is 4.74 Å². The van der Waals surface area contributed by atoms with Gasteiger partial charge in [-0.1, -0.05) is 42.2 Å². The van der Waals surface area contributed by atoms with Crippen LogP contribution in [0.25, 0.3) is 0 Å². The van der Waals surface area contributed by atoms with E-state index in [0.29, 0.717) is 5.13 Å². The van der Waals surface area contributed by atoms with Crippen LogP contribution < -0.4 is 10.1 Å². The SMILES string of the molecule is CCSc1nnc(NC(=O)c2ccccc2OC(C)=O)s1. The maximum atomic E-state index is 12.2.